The zero-order valence-electron chi connectivity index (χ0n) is 14.9. The van der Waals surface area contributed by atoms with E-state index < -0.39 is 0 Å². The molecule has 0 N–H and O–H groups in total. The van der Waals surface area contributed by atoms with Gasteiger partial charge in [0.05, 0.1) is 6.10 Å². The molecular weight excluding hydrogens is 316 g/mol. The average Bonchev–Trinajstić information content (AvgIpc) is 3.11. The van der Waals surface area contributed by atoms with Gasteiger partial charge in [0, 0.05) is 31.7 Å². The summed E-state index contributed by atoms with van der Waals surface area (Å²) in [4.78, 5) is 19.4. The van der Waals surface area contributed by atoms with Gasteiger partial charge in [0.2, 0.25) is 0 Å². The molecule has 1 saturated carbocycles. The molecule has 4 rings (SSSR count). The summed E-state index contributed by atoms with van der Waals surface area (Å²) in [6.07, 6.45) is 8.28. The van der Waals surface area contributed by atoms with Crippen molar-refractivity contribution in [3.8, 4) is 0 Å². The Bertz CT molecular complexity index is 748. The highest BCUT2D eigenvalue weighted by atomic mass is 16.5. The molecular formula is C20H26N2O3. The van der Waals surface area contributed by atoms with Crippen molar-refractivity contribution in [2.75, 3.05) is 20.2 Å². The molecule has 1 aromatic heterocycles. The first-order valence-corrected chi connectivity index (χ1v) is 9.47. The molecule has 1 unspecified atom stereocenters. The van der Waals surface area contributed by atoms with Gasteiger partial charge in [-0.25, -0.2) is 4.98 Å². The first-order valence-electron chi connectivity index (χ1n) is 9.47. The maximum absolute atomic E-state index is 12.8. The lowest BCUT2D eigenvalue weighted by Crippen LogP contribution is -2.42. The fourth-order valence-electron chi connectivity index (χ4n) is 4.10. The SMILES string of the molecule is COC1CCCN(C(=O)c2ccc3nc(C4CCCCC4)oc3c2)C1. The summed E-state index contributed by atoms with van der Waals surface area (Å²) < 4.78 is 11.4. The normalized spacial score (nSPS) is 22.4. The minimum atomic E-state index is 0.0549. The summed E-state index contributed by atoms with van der Waals surface area (Å²) in [6, 6.07) is 5.64. The Morgan fingerprint density at radius 1 is 1.20 bits per heavy atom. The van der Waals surface area contributed by atoms with E-state index in [1.54, 1.807) is 7.11 Å². The van der Waals surface area contributed by atoms with Gasteiger partial charge in [-0.1, -0.05) is 19.3 Å². The second-order valence-corrected chi connectivity index (χ2v) is 7.32. The largest absolute Gasteiger partial charge is 0.440 e. The lowest BCUT2D eigenvalue weighted by molar-refractivity contribution is 0.0269. The zero-order valence-corrected chi connectivity index (χ0v) is 14.9. The predicted molar refractivity (Wildman–Crippen MR) is 95.8 cm³/mol. The number of piperidine rings is 1. The minimum Gasteiger partial charge on any atom is -0.440 e. The van der Waals surface area contributed by atoms with Crippen molar-refractivity contribution in [2.24, 2.45) is 0 Å². The van der Waals surface area contributed by atoms with Crippen LogP contribution in [0.3, 0.4) is 0 Å². The van der Waals surface area contributed by atoms with Crippen LogP contribution in [0.1, 0.15) is 67.1 Å². The number of hydrogen-bond acceptors (Lipinski definition) is 4. The van der Waals surface area contributed by atoms with Gasteiger partial charge in [-0.2, -0.15) is 0 Å². The Kier molecular flexibility index (Phi) is 4.75. The van der Waals surface area contributed by atoms with E-state index in [1.807, 2.05) is 23.1 Å². The van der Waals surface area contributed by atoms with Gasteiger partial charge in [0.25, 0.3) is 5.91 Å². The van der Waals surface area contributed by atoms with Crippen LogP contribution in [0.4, 0.5) is 0 Å². The van der Waals surface area contributed by atoms with Gasteiger partial charge in [0.15, 0.2) is 11.5 Å². The molecule has 1 aliphatic carbocycles. The van der Waals surface area contributed by atoms with Gasteiger partial charge < -0.3 is 14.1 Å². The van der Waals surface area contributed by atoms with Crippen LogP contribution >= 0.6 is 0 Å². The number of carbonyl (C=O) groups is 1. The number of ether oxygens (including phenoxy) is 1. The second-order valence-electron chi connectivity index (χ2n) is 7.32. The highest BCUT2D eigenvalue weighted by Gasteiger charge is 2.25. The molecule has 2 heterocycles. The van der Waals surface area contributed by atoms with Gasteiger partial charge >= 0.3 is 0 Å². The Hall–Kier alpha value is -1.88. The standard InChI is InChI=1S/C20H26N2O3/c1-24-16-8-5-11-22(13-16)20(23)15-9-10-17-18(12-15)25-19(21-17)14-6-3-2-4-7-14/h9-10,12,14,16H,2-8,11,13H2,1H3. The number of carbonyl (C=O) groups excluding carboxylic acids is 1. The molecule has 0 bridgehead atoms. The Morgan fingerprint density at radius 3 is 2.84 bits per heavy atom. The number of benzene rings is 1. The quantitative estimate of drug-likeness (QED) is 0.842. The van der Waals surface area contributed by atoms with E-state index in [1.165, 1.54) is 19.3 Å². The third-order valence-corrected chi connectivity index (χ3v) is 5.61. The number of likely N-dealkylation sites (tertiary alicyclic amines) is 1. The maximum atomic E-state index is 12.8. The third-order valence-electron chi connectivity index (χ3n) is 5.61. The van der Waals surface area contributed by atoms with Crippen LogP contribution in [0.25, 0.3) is 11.1 Å². The van der Waals surface area contributed by atoms with Crippen LogP contribution in [0.5, 0.6) is 0 Å². The van der Waals surface area contributed by atoms with Crippen LogP contribution in [-0.2, 0) is 4.74 Å². The van der Waals surface area contributed by atoms with Crippen molar-refractivity contribution in [3.05, 3.63) is 29.7 Å². The summed E-state index contributed by atoms with van der Waals surface area (Å²) in [6.45, 7) is 1.46. The number of nitrogens with zero attached hydrogens (tertiary/aromatic N) is 2. The summed E-state index contributed by atoms with van der Waals surface area (Å²) in [5.41, 5.74) is 2.26. The molecule has 2 fully saturated rings. The molecule has 5 nitrogen and oxygen atoms in total. The van der Waals surface area contributed by atoms with Crippen molar-refractivity contribution in [1.29, 1.82) is 0 Å². The van der Waals surface area contributed by atoms with Crippen molar-refractivity contribution in [3.63, 3.8) is 0 Å². The molecule has 25 heavy (non-hydrogen) atoms. The van der Waals surface area contributed by atoms with Crippen LogP contribution in [0.2, 0.25) is 0 Å². The third kappa shape index (κ3) is 3.43. The van der Waals surface area contributed by atoms with Crippen LogP contribution in [-0.4, -0.2) is 42.1 Å². The summed E-state index contributed by atoms with van der Waals surface area (Å²) in [5.74, 6) is 1.33. The highest BCUT2D eigenvalue weighted by molar-refractivity contribution is 5.97. The van der Waals surface area contributed by atoms with Gasteiger partial charge in [-0.3, -0.25) is 4.79 Å². The lowest BCUT2D eigenvalue weighted by Gasteiger charge is -2.31. The molecule has 1 aliphatic heterocycles. The topological polar surface area (TPSA) is 55.6 Å². The first kappa shape index (κ1) is 16.6. The fraction of sp³-hybridized carbons (Fsp3) is 0.600. The Morgan fingerprint density at radius 2 is 2.04 bits per heavy atom. The predicted octanol–water partition coefficient (Wildman–Crippen LogP) is 4.13. The van der Waals surface area contributed by atoms with Crippen LogP contribution in [0, 0.1) is 0 Å². The van der Waals surface area contributed by atoms with E-state index in [-0.39, 0.29) is 12.0 Å². The molecule has 2 aromatic rings. The highest BCUT2D eigenvalue weighted by Crippen LogP contribution is 2.34. The average molecular weight is 342 g/mol. The number of hydrogen-bond donors (Lipinski definition) is 0. The fourth-order valence-corrected chi connectivity index (χ4v) is 4.10. The van der Waals surface area contributed by atoms with Crippen LogP contribution in [0.15, 0.2) is 22.6 Å². The monoisotopic (exact) mass is 342 g/mol. The van der Waals surface area contributed by atoms with Crippen molar-refractivity contribution >= 4 is 17.0 Å². The minimum absolute atomic E-state index is 0.0549. The molecule has 5 heteroatoms. The summed E-state index contributed by atoms with van der Waals surface area (Å²) in [7, 11) is 1.71. The Balaban J connectivity index is 1.55. The summed E-state index contributed by atoms with van der Waals surface area (Å²) >= 11 is 0. The van der Waals surface area contributed by atoms with E-state index in [0.29, 0.717) is 18.0 Å². The smallest absolute Gasteiger partial charge is 0.254 e. The molecule has 1 atom stereocenters. The molecule has 0 radical (unpaired) electrons. The molecule has 2 aliphatic rings. The van der Waals surface area contributed by atoms with Crippen molar-refractivity contribution in [1.82, 2.24) is 9.88 Å². The molecule has 1 aromatic carbocycles. The van der Waals surface area contributed by atoms with Gasteiger partial charge in [0.1, 0.15) is 5.52 Å². The van der Waals surface area contributed by atoms with Crippen LogP contribution < -0.4 is 0 Å². The van der Waals surface area contributed by atoms with E-state index in [0.717, 1.165) is 49.2 Å². The number of aromatic nitrogens is 1. The molecule has 1 saturated heterocycles. The number of oxazole rings is 1. The van der Waals surface area contributed by atoms with E-state index in [9.17, 15) is 4.79 Å². The van der Waals surface area contributed by atoms with Gasteiger partial charge in [-0.05, 0) is 43.9 Å². The number of rotatable bonds is 3. The van der Waals surface area contributed by atoms with E-state index in [4.69, 9.17) is 9.15 Å². The van der Waals surface area contributed by atoms with E-state index >= 15 is 0 Å². The second kappa shape index (κ2) is 7.16. The number of fused-ring (bicyclic) bond motifs is 1. The first-order chi connectivity index (χ1) is 12.2. The van der Waals surface area contributed by atoms with Crippen molar-refractivity contribution < 1.29 is 13.9 Å². The molecule has 1 amide bonds. The number of amides is 1. The molecule has 134 valence electrons. The Labute approximate surface area is 148 Å². The lowest BCUT2D eigenvalue weighted by atomic mass is 9.89. The maximum Gasteiger partial charge on any atom is 0.254 e. The summed E-state index contributed by atoms with van der Waals surface area (Å²) in [5, 5.41) is 0. The van der Waals surface area contributed by atoms with E-state index in [2.05, 4.69) is 4.98 Å². The van der Waals surface area contributed by atoms with Gasteiger partial charge in [-0.15, -0.1) is 0 Å². The molecule has 0 spiro atoms. The zero-order chi connectivity index (χ0) is 17.2. The number of methoxy groups -OCH3 is 1. The van der Waals surface area contributed by atoms with Crippen molar-refractivity contribution in [2.45, 2.75) is 57.0 Å².